The van der Waals surface area contributed by atoms with E-state index in [1.807, 2.05) is 0 Å². The van der Waals surface area contributed by atoms with Gasteiger partial charge in [0.25, 0.3) is 0 Å². The summed E-state index contributed by atoms with van der Waals surface area (Å²) in [5.41, 5.74) is 0. The summed E-state index contributed by atoms with van der Waals surface area (Å²) >= 11 is 0. The highest BCUT2D eigenvalue weighted by Crippen LogP contribution is 2.17. The lowest BCUT2D eigenvalue weighted by Gasteiger charge is -2.18. The van der Waals surface area contributed by atoms with Gasteiger partial charge in [-0.15, -0.1) is 0 Å². The first-order valence-electron chi connectivity index (χ1n) is 8.57. The van der Waals surface area contributed by atoms with Gasteiger partial charge in [0.05, 0.1) is 12.2 Å². The molecule has 0 saturated carbocycles. The smallest absolute Gasteiger partial charge is 0.0747 e. The second-order valence-electron chi connectivity index (χ2n) is 6.31. The highest BCUT2D eigenvalue weighted by molar-refractivity contribution is 4.96. The van der Waals surface area contributed by atoms with Crippen LogP contribution in [0.4, 0.5) is 0 Å². The molecule has 0 saturated heterocycles. The largest absolute Gasteiger partial charge is 0.389 e. The number of aliphatic hydroxyl groups excluding tert-OH is 2. The quantitative estimate of drug-likeness (QED) is 0.403. The highest BCUT2D eigenvalue weighted by atomic mass is 16.3. The Labute approximate surface area is 126 Å². The molecular formula is C18H36O2. The molecule has 0 fully saturated rings. The van der Waals surface area contributed by atoms with Crippen LogP contribution in [0.3, 0.4) is 0 Å². The van der Waals surface area contributed by atoms with Gasteiger partial charge in [-0.05, 0) is 24.7 Å². The van der Waals surface area contributed by atoms with E-state index in [0.29, 0.717) is 0 Å². The Kier molecular flexibility index (Phi) is 12.2. The van der Waals surface area contributed by atoms with Crippen molar-refractivity contribution in [2.24, 2.45) is 11.8 Å². The topological polar surface area (TPSA) is 40.5 Å². The first kappa shape index (κ1) is 19.7. The van der Waals surface area contributed by atoms with Crippen molar-refractivity contribution < 1.29 is 10.2 Å². The molecule has 0 aliphatic heterocycles. The van der Waals surface area contributed by atoms with Crippen LogP contribution in [0.25, 0.3) is 0 Å². The van der Waals surface area contributed by atoms with Crippen molar-refractivity contribution in [1.29, 1.82) is 0 Å². The monoisotopic (exact) mass is 284 g/mol. The maximum absolute atomic E-state index is 10.1. The van der Waals surface area contributed by atoms with Gasteiger partial charge in [0.1, 0.15) is 0 Å². The van der Waals surface area contributed by atoms with Crippen molar-refractivity contribution in [3.05, 3.63) is 12.2 Å². The van der Waals surface area contributed by atoms with E-state index in [1.165, 1.54) is 38.5 Å². The lowest BCUT2D eigenvalue weighted by molar-refractivity contribution is 0.139. The average Bonchev–Trinajstić information content (AvgIpc) is 2.44. The fourth-order valence-electron chi connectivity index (χ4n) is 2.38. The number of rotatable bonds is 12. The predicted molar refractivity (Wildman–Crippen MR) is 87.8 cm³/mol. The summed E-state index contributed by atoms with van der Waals surface area (Å²) in [6.45, 7) is 8.55. The van der Waals surface area contributed by atoms with E-state index in [2.05, 4.69) is 27.7 Å². The van der Waals surface area contributed by atoms with E-state index < -0.39 is 12.2 Å². The first-order valence-corrected chi connectivity index (χ1v) is 8.57. The molecule has 4 unspecified atom stereocenters. The number of aliphatic hydroxyl groups is 2. The van der Waals surface area contributed by atoms with Gasteiger partial charge in [0.15, 0.2) is 0 Å². The zero-order chi connectivity index (χ0) is 15.4. The Morgan fingerprint density at radius 3 is 1.35 bits per heavy atom. The van der Waals surface area contributed by atoms with Crippen molar-refractivity contribution >= 4 is 0 Å². The van der Waals surface area contributed by atoms with Gasteiger partial charge in [-0.2, -0.15) is 0 Å². The molecule has 0 aliphatic rings. The SMILES string of the molecule is CCCCCC(C)C(O)/C=C/C(O)C(C)CCCCC. The van der Waals surface area contributed by atoms with Crippen LogP contribution < -0.4 is 0 Å². The van der Waals surface area contributed by atoms with Crippen LogP contribution in [-0.4, -0.2) is 22.4 Å². The van der Waals surface area contributed by atoms with Crippen molar-refractivity contribution in [2.75, 3.05) is 0 Å². The van der Waals surface area contributed by atoms with Crippen molar-refractivity contribution in [1.82, 2.24) is 0 Å². The summed E-state index contributed by atoms with van der Waals surface area (Å²) in [4.78, 5) is 0. The van der Waals surface area contributed by atoms with Gasteiger partial charge in [0.2, 0.25) is 0 Å². The maximum atomic E-state index is 10.1. The molecule has 2 heteroatoms. The molecule has 0 radical (unpaired) electrons. The second-order valence-corrected chi connectivity index (χ2v) is 6.31. The molecule has 0 aromatic carbocycles. The molecular weight excluding hydrogens is 248 g/mol. The summed E-state index contributed by atoms with van der Waals surface area (Å²) in [6.07, 6.45) is 12.1. The Morgan fingerprint density at radius 2 is 1.05 bits per heavy atom. The van der Waals surface area contributed by atoms with Crippen LogP contribution in [0.1, 0.15) is 79.1 Å². The molecule has 2 nitrogen and oxygen atoms in total. The Balaban J connectivity index is 3.98. The van der Waals surface area contributed by atoms with Crippen LogP contribution in [0.15, 0.2) is 12.2 Å². The third kappa shape index (κ3) is 9.55. The van der Waals surface area contributed by atoms with E-state index in [9.17, 15) is 10.2 Å². The molecule has 0 bridgehead atoms. The standard InChI is InChI=1S/C18H36O2/c1-5-7-9-11-15(3)17(19)13-14-18(20)16(4)12-10-8-6-2/h13-20H,5-12H2,1-4H3/b14-13+. The number of hydrogen-bond donors (Lipinski definition) is 2. The summed E-state index contributed by atoms with van der Waals surface area (Å²) in [6, 6.07) is 0. The minimum Gasteiger partial charge on any atom is -0.389 e. The lowest BCUT2D eigenvalue weighted by Crippen LogP contribution is -2.18. The summed E-state index contributed by atoms with van der Waals surface area (Å²) in [7, 11) is 0. The Bertz CT molecular complexity index is 214. The molecule has 20 heavy (non-hydrogen) atoms. The predicted octanol–water partition coefficient (Wildman–Crippen LogP) is 4.70. The van der Waals surface area contributed by atoms with Gasteiger partial charge >= 0.3 is 0 Å². The summed E-state index contributed by atoms with van der Waals surface area (Å²) in [5.74, 6) is 0.556. The summed E-state index contributed by atoms with van der Waals surface area (Å²) < 4.78 is 0. The van der Waals surface area contributed by atoms with Crippen LogP contribution >= 0.6 is 0 Å². The van der Waals surface area contributed by atoms with Gasteiger partial charge in [-0.3, -0.25) is 0 Å². The fraction of sp³-hybridized carbons (Fsp3) is 0.889. The molecule has 120 valence electrons. The molecule has 2 N–H and O–H groups in total. The molecule has 0 aliphatic carbocycles. The zero-order valence-electron chi connectivity index (χ0n) is 14.0. The van der Waals surface area contributed by atoms with Crippen molar-refractivity contribution in [3.8, 4) is 0 Å². The minimum atomic E-state index is -0.427. The van der Waals surface area contributed by atoms with Gasteiger partial charge < -0.3 is 10.2 Å². The highest BCUT2D eigenvalue weighted by Gasteiger charge is 2.14. The minimum absolute atomic E-state index is 0.278. The average molecular weight is 284 g/mol. The normalized spacial score (nSPS) is 18.1. The molecule has 0 heterocycles. The first-order chi connectivity index (χ1) is 9.52. The van der Waals surface area contributed by atoms with Crippen LogP contribution in [0, 0.1) is 11.8 Å². The third-order valence-electron chi connectivity index (χ3n) is 4.20. The van der Waals surface area contributed by atoms with Crippen molar-refractivity contribution in [3.63, 3.8) is 0 Å². The molecule has 0 aromatic heterocycles. The zero-order valence-corrected chi connectivity index (χ0v) is 14.0. The molecule has 0 aromatic rings. The fourth-order valence-corrected chi connectivity index (χ4v) is 2.38. The van der Waals surface area contributed by atoms with E-state index in [-0.39, 0.29) is 11.8 Å². The molecule has 0 spiro atoms. The van der Waals surface area contributed by atoms with Crippen molar-refractivity contribution in [2.45, 2.75) is 91.3 Å². The number of unbranched alkanes of at least 4 members (excludes halogenated alkanes) is 4. The van der Waals surface area contributed by atoms with Crippen LogP contribution in [0.5, 0.6) is 0 Å². The maximum Gasteiger partial charge on any atom is 0.0747 e. The van der Waals surface area contributed by atoms with Gasteiger partial charge in [0, 0.05) is 0 Å². The van der Waals surface area contributed by atoms with E-state index in [0.717, 1.165) is 12.8 Å². The van der Waals surface area contributed by atoms with E-state index >= 15 is 0 Å². The summed E-state index contributed by atoms with van der Waals surface area (Å²) in [5, 5.41) is 20.1. The van der Waals surface area contributed by atoms with Crippen LogP contribution in [0.2, 0.25) is 0 Å². The Morgan fingerprint density at radius 1 is 0.700 bits per heavy atom. The van der Waals surface area contributed by atoms with Gasteiger partial charge in [-0.25, -0.2) is 0 Å². The van der Waals surface area contributed by atoms with Gasteiger partial charge in [-0.1, -0.05) is 78.4 Å². The third-order valence-corrected chi connectivity index (χ3v) is 4.20. The number of hydrogen-bond acceptors (Lipinski definition) is 2. The van der Waals surface area contributed by atoms with E-state index in [1.54, 1.807) is 12.2 Å². The van der Waals surface area contributed by atoms with Crippen LogP contribution in [-0.2, 0) is 0 Å². The second kappa shape index (κ2) is 12.4. The molecule has 4 atom stereocenters. The van der Waals surface area contributed by atoms with E-state index in [4.69, 9.17) is 0 Å². The molecule has 0 rings (SSSR count). The molecule has 0 amide bonds. The Hall–Kier alpha value is -0.340. The lowest BCUT2D eigenvalue weighted by atomic mass is 9.94.